The van der Waals surface area contributed by atoms with Gasteiger partial charge in [0.15, 0.2) is 0 Å². The van der Waals surface area contributed by atoms with Gasteiger partial charge in [-0.05, 0) is 73.8 Å². The highest BCUT2D eigenvalue weighted by molar-refractivity contribution is 5.89. The number of rotatable bonds is 5. The van der Waals surface area contributed by atoms with Gasteiger partial charge in [-0.3, -0.25) is 4.90 Å². The van der Waals surface area contributed by atoms with Crippen LogP contribution >= 0.6 is 0 Å². The van der Waals surface area contributed by atoms with Crippen molar-refractivity contribution in [3.05, 3.63) is 66.7 Å². The van der Waals surface area contributed by atoms with Crippen molar-refractivity contribution >= 4 is 22.8 Å². The van der Waals surface area contributed by atoms with Crippen LogP contribution in [0, 0.1) is 5.92 Å². The van der Waals surface area contributed by atoms with Gasteiger partial charge in [0.25, 0.3) is 0 Å². The van der Waals surface area contributed by atoms with Gasteiger partial charge in [0.1, 0.15) is 11.9 Å². The molecule has 0 saturated carbocycles. The quantitative estimate of drug-likeness (QED) is 0.524. The number of hydrogen-bond donors (Lipinski definition) is 3. The summed E-state index contributed by atoms with van der Waals surface area (Å²) in [5.74, 6) is -0.781. The number of aromatic amines is 1. The van der Waals surface area contributed by atoms with Gasteiger partial charge in [-0.15, -0.1) is 0 Å². The minimum Gasteiger partial charge on any atom is -0.489 e. The molecule has 0 aliphatic carbocycles. The number of H-pyrrole nitrogens is 1. The van der Waals surface area contributed by atoms with E-state index in [0.29, 0.717) is 18.3 Å². The van der Waals surface area contributed by atoms with Gasteiger partial charge in [-0.1, -0.05) is 18.2 Å². The molecule has 3 N–H and O–H groups in total. The van der Waals surface area contributed by atoms with Crippen LogP contribution in [0.4, 0.5) is 0 Å². The number of carboxylic acids is 2. The second kappa shape index (κ2) is 9.70. The molecule has 166 valence electrons. The Labute approximate surface area is 185 Å². The van der Waals surface area contributed by atoms with Crippen molar-refractivity contribution in [3.8, 4) is 17.0 Å². The summed E-state index contributed by atoms with van der Waals surface area (Å²) in [5, 5.41) is 16.9. The van der Waals surface area contributed by atoms with E-state index in [0.717, 1.165) is 23.9 Å². The number of hydrogen-bond acceptors (Lipinski definition) is 4. The Morgan fingerprint density at radius 1 is 0.969 bits per heavy atom. The number of aliphatic carboxylic acids is 2. The van der Waals surface area contributed by atoms with E-state index < -0.39 is 11.9 Å². The highest BCUT2D eigenvalue weighted by Gasteiger charge is 2.35. The summed E-state index contributed by atoms with van der Waals surface area (Å²) in [4.78, 5) is 25.1. The molecule has 2 bridgehead atoms. The van der Waals surface area contributed by atoms with Crippen molar-refractivity contribution in [2.75, 3.05) is 19.6 Å². The summed E-state index contributed by atoms with van der Waals surface area (Å²) in [5.41, 5.74) is 3.54. The molecule has 7 heteroatoms. The van der Waals surface area contributed by atoms with E-state index >= 15 is 0 Å². The highest BCUT2D eigenvalue weighted by atomic mass is 16.5. The molecule has 1 aromatic heterocycles. The first-order chi connectivity index (χ1) is 15.5. The Hall–Kier alpha value is -3.58. The highest BCUT2D eigenvalue weighted by Crippen LogP contribution is 2.31. The first kappa shape index (κ1) is 21.6. The van der Waals surface area contributed by atoms with Crippen molar-refractivity contribution in [1.82, 2.24) is 9.88 Å². The molecule has 0 radical (unpaired) electrons. The van der Waals surface area contributed by atoms with E-state index in [1.807, 2.05) is 0 Å². The fourth-order valence-electron chi connectivity index (χ4n) is 4.30. The molecular formula is C25H26N2O5. The van der Waals surface area contributed by atoms with E-state index in [4.69, 9.17) is 14.9 Å². The van der Waals surface area contributed by atoms with Crippen LogP contribution in [-0.4, -0.2) is 57.8 Å². The molecule has 3 aliphatic heterocycles. The topological polar surface area (TPSA) is 103 Å². The Morgan fingerprint density at radius 3 is 2.19 bits per heavy atom. The third kappa shape index (κ3) is 5.36. The molecule has 0 amide bonds. The lowest BCUT2D eigenvalue weighted by atomic mass is 9.86. The number of nitrogens with one attached hydrogen (secondary N) is 1. The van der Waals surface area contributed by atoms with Crippen LogP contribution in [0.1, 0.15) is 12.8 Å². The number of carboxylic acid groups (broad SMARTS) is 2. The normalized spacial score (nSPS) is 21.8. The van der Waals surface area contributed by atoms with Crippen molar-refractivity contribution in [2.24, 2.45) is 5.92 Å². The molecule has 4 heterocycles. The van der Waals surface area contributed by atoms with Crippen molar-refractivity contribution in [2.45, 2.75) is 18.9 Å². The summed E-state index contributed by atoms with van der Waals surface area (Å²) in [6, 6.07) is 19.1. The average molecular weight is 434 g/mol. The number of carbonyl (C=O) groups is 2. The van der Waals surface area contributed by atoms with Crippen LogP contribution in [0.15, 0.2) is 66.7 Å². The van der Waals surface area contributed by atoms with Gasteiger partial charge in [-0.25, -0.2) is 9.59 Å². The third-order valence-electron chi connectivity index (χ3n) is 5.95. The van der Waals surface area contributed by atoms with E-state index in [1.54, 1.807) is 0 Å². The maximum Gasteiger partial charge on any atom is 0.328 e. The van der Waals surface area contributed by atoms with Gasteiger partial charge >= 0.3 is 11.9 Å². The fourth-order valence-corrected chi connectivity index (χ4v) is 4.30. The molecule has 3 fully saturated rings. The lowest BCUT2D eigenvalue weighted by Crippen LogP contribution is -2.52. The molecule has 3 aliphatic rings. The monoisotopic (exact) mass is 434 g/mol. The van der Waals surface area contributed by atoms with Crippen LogP contribution in [-0.2, 0) is 9.59 Å². The molecule has 1 unspecified atom stereocenters. The number of ether oxygens (including phenoxy) is 1. The summed E-state index contributed by atoms with van der Waals surface area (Å²) < 4.78 is 6.29. The lowest BCUT2D eigenvalue weighted by molar-refractivity contribution is -0.134. The maximum absolute atomic E-state index is 9.55. The summed E-state index contributed by atoms with van der Waals surface area (Å²) in [6.45, 7) is 3.60. The maximum atomic E-state index is 9.55. The predicted octanol–water partition coefficient (Wildman–Crippen LogP) is 4.02. The smallest absolute Gasteiger partial charge is 0.328 e. The van der Waals surface area contributed by atoms with Gasteiger partial charge in [0.2, 0.25) is 0 Å². The SMILES string of the molecule is O=C(O)C=CC(=O)O.c1ccc2[nH]c(-c3ccc(OC4CN5CCC4CC5)cc3)cc2c1. The summed E-state index contributed by atoms with van der Waals surface area (Å²) >= 11 is 0. The number of para-hydroxylation sites is 1. The minimum absolute atomic E-state index is 0.367. The number of fused-ring (bicyclic) bond motifs is 4. The number of piperidine rings is 3. The Bertz CT molecular complexity index is 1060. The summed E-state index contributed by atoms with van der Waals surface area (Å²) in [6.07, 6.45) is 4.06. The van der Waals surface area contributed by atoms with Crippen LogP contribution in [0.3, 0.4) is 0 Å². The average Bonchev–Trinajstić information content (AvgIpc) is 3.24. The second-order valence-electron chi connectivity index (χ2n) is 8.10. The third-order valence-corrected chi connectivity index (χ3v) is 5.95. The zero-order valence-electron chi connectivity index (χ0n) is 17.6. The number of aromatic nitrogens is 1. The molecule has 6 rings (SSSR count). The van der Waals surface area contributed by atoms with Crippen LogP contribution in [0.2, 0.25) is 0 Å². The molecular weight excluding hydrogens is 408 g/mol. The van der Waals surface area contributed by atoms with E-state index in [1.165, 1.54) is 42.4 Å². The van der Waals surface area contributed by atoms with E-state index in [2.05, 4.69) is 64.5 Å². The summed E-state index contributed by atoms with van der Waals surface area (Å²) in [7, 11) is 0. The molecule has 7 nitrogen and oxygen atoms in total. The molecule has 1 atom stereocenters. The van der Waals surface area contributed by atoms with Crippen LogP contribution in [0.5, 0.6) is 5.75 Å². The second-order valence-corrected chi connectivity index (χ2v) is 8.10. The zero-order chi connectivity index (χ0) is 22.5. The standard InChI is InChI=1S/C21H22N2O.C4H4O4/c1-2-4-19-17(3-1)13-20(22-19)15-5-7-18(8-6-15)24-21-14-23-11-9-16(21)10-12-23;5-3(6)1-2-4(7)8/h1-8,13,16,21-22H,9-12,14H2;1-2H,(H,5,6)(H,7,8). The number of nitrogens with zero attached hydrogens (tertiary/aromatic N) is 1. The molecule has 0 spiro atoms. The molecule has 32 heavy (non-hydrogen) atoms. The van der Waals surface area contributed by atoms with Crippen LogP contribution in [0.25, 0.3) is 22.2 Å². The molecule has 3 saturated heterocycles. The van der Waals surface area contributed by atoms with E-state index in [9.17, 15) is 9.59 Å². The fraction of sp³-hybridized carbons (Fsp3) is 0.280. The number of benzene rings is 2. The lowest BCUT2D eigenvalue weighted by Gasteiger charge is -2.44. The van der Waals surface area contributed by atoms with Gasteiger partial charge < -0.3 is 19.9 Å². The Morgan fingerprint density at radius 2 is 1.62 bits per heavy atom. The van der Waals surface area contributed by atoms with Crippen molar-refractivity contribution in [1.29, 1.82) is 0 Å². The van der Waals surface area contributed by atoms with Gasteiger partial charge in [0, 0.05) is 35.3 Å². The van der Waals surface area contributed by atoms with Crippen LogP contribution < -0.4 is 4.74 Å². The largest absolute Gasteiger partial charge is 0.489 e. The van der Waals surface area contributed by atoms with Gasteiger partial charge in [0.05, 0.1) is 0 Å². The first-order valence-electron chi connectivity index (χ1n) is 10.7. The zero-order valence-corrected chi connectivity index (χ0v) is 17.6. The molecule has 3 aromatic rings. The Balaban J connectivity index is 0.000000265. The molecule has 2 aromatic carbocycles. The predicted molar refractivity (Wildman–Crippen MR) is 122 cm³/mol. The minimum atomic E-state index is -1.26. The van der Waals surface area contributed by atoms with Crippen molar-refractivity contribution in [3.63, 3.8) is 0 Å². The van der Waals surface area contributed by atoms with E-state index in [-0.39, 0.29) is 0 Å². The first-order valence-corrected chi connectivity index (χ1v) is 10.7. The Kier molecular flexibility index (Phi) is 6.56. The van der Waals surface area contributed by atoms with Gasteiger partial charge in [-0.2, -0.15) is 0 Å². The van der Waals surface area contributed by atoms with Crippen molar-refractivity contribution < 1.29 is 24.5 Å².